The van der Waals surface area contributed by atoms with Gasteiger partial charge >= 0.3 is 0 Å². The number of anilines is 3. The maximum absolute atomic E-state index is 6.84. The molecule has 0 aliphatic carbocycles. The highest BCUT2D eigenvalue weighted by molar-refractivity contribution is 6.21. The van der Waals surface area contributed by atoms with E-state index in [-0.39, 0.29) is 0 Å². The van der Waals surface area contributed by atoms with Crippen molar-refractivity contribution in [3.8, 4) is 33.7 Å². The van der Waals surface area contributed by atoms with Crippen molar-refractivity contribution in [1.29, 1.82) is 0 Å². The number of para-hydroxylation sites is 1. The van der Waals surface area contributed by atoms with Crippen molar-refractivity contribution >= 4 is 60.9 Å². The summed E-state index contributed by atoms with van der Waals surface area (Å²) in [4.78, 5) is 7.38. The van der Waals surface area contributed by atoms with Gasteiger partial charge in [0.1, 0.15) is 22.4 Å². The summed E-state index contributed by atoms with van der Waals surface area (Å²) in [5.74, 6) is 0.562. The third kappa shape index (κ3) is 4.88. The first-order chi connectivity index (χ1) is 25.3. The van der Waals surface area contributed by atoms with E-state index in [2.05, 4.69) is 132 Å². The minimum Gasteiger partial charge on any atom is -0.456 e. The van der Waals surface area contributed by atoms with Gasteiger partial charge < -0.3 is 13.7 Å². The zero-order valence-corrected chi connectivity index (χ0v) is 27.5. The van der Waals surface area contributed by atoms with Gasteiger partial charge in [0, 0.05) is 28.1 Å². The summed E-state index contributed by atoms with van der Waals surface area (Å²) in [5, 5.41) is 4.26. The van der Waals surface area contributed by atoms with E-state index >= 15 is 0 Å². The highest BCUT2D eigenvalue weighted by atomic mass is 16.4. The maximum atomic E-state index is 6.84. The third-order valence-electron chi connectivity index (χ3n) is 9.70. The molecular weight excluding hydrogens is 625 g/mol. The number of aromatic nitrogens is 1. The fraction of sp³-hybridized carbons (Fsp3) is 0. The van der Waals surface area contributed by atoms with Crippen LogP contribution in [0.25, 0.3) is 77.5 Å². The lowest BCUT2D eigenvalue weighted by Crippen LogP contribution is -2.11. The molecule has 4 heteroatoms. The lowest BCUT2D eigenvalue weighted by molar-refractivity contribution is 0.620. The molecule has 0 spiro atoms. The van der Waals surface area contributed by atoms with Gasteiger partial charge in [-0.2, -0.15) is 0 Å². The second-order valence-electron chi connectivity index (χ2n) is 12.7. The standard InChI is InChI=1S/C47H30N2O2/c1-4-14-31(15-5-1)32-24-26-35(27-25-32)49(41-29-28-36(33-16-6-2-7-17-33)37-20-10-11-21-38(37)41)45-44-39-22-12-13-23-42(39)50-43(44)30-40-46(45)51-47(48-40)34-18-8-3-9-19-34/h1-30H. The number of hydrogen-bond acceptors (Lipinski definition) is 4. The van der Waals surface area contributed by atoms with Crippen LogP contribution in [0.4, 0.5) is 17.1 Å². The van der Waals surface area contributed by atoms with Crippen molar-refractivity contribution in [1.82, 2.24) is 4.98 Å². The van der Waals surface area contributed by atoms with Gasteiger partial charge in [-0.1, -0.05) is 140 Å². The second-order valence-corrected chi connectivity index (χ2v) is 12.7. The van der Waals surface area contributed by atoms with Crippen LogP contribution >= 0.6 is 0 Å². The van der Waals surface area contributed by atoms with Crippen LogP contribution in [-0.2, 0) is 0 Å². The second kappa shape index (κ2) is 11.9. The molecule has 10 aromatic rings. The van der Waals surface area contributed by atoms with Crippen LogP contribution in [0.15, 0.2) is 191 Å². The van der Waals surface area contributed by atoms with Crippen molar-refractivity contribution in [3.63, 3.8) is 0 Å². The topological polar surface area (TPSA) is 42.4 Å². The quantitative estimate of drug-likeness (QED) is 0.179. The number of rotatable bonds is 6. The highest BCUT2D eigenvalue weighted by Gasteiger charge is 2.27. The average molecular weight is 655 g/mol. The van der Waals surface area contributed by atoms with Gasteiger partial charge in [-0.25, -0.2) is 4.98 Å². The van der Waals surface area contributed by atoms with Crippen LogP contribution in [0.2, 0.25) is 0 Å². The molecule has 0 radical (unpaired) electrons. The molecule has 0 unspecified atom stereocenters. The van der Waals surface area contributed by atoms with E-state index in [1.807, 2.05) is 54.6 Å². The Morgan fingerprint density at radius 1 is 0.431 bits per heavy atom. The monoisotopic (exact) mass is 654 g/mol. The van der Waals surface area contributed by atoms with Gasteiger partial charge in [0.2, 0.25) is 5.89 Å². The number of oxazole rings is 1. The van der Waals surface area contributed by atoms with Crippen LogP contribution in [0.5, 0.6) is 0 Å². The molecule has 0 bridgehead atoms. The van der Waals surface area contributed by atoms with Crippen molar-refractivity contribution in [2.45, 2.75) is 0 Å². The Hall–Kier alpha value is -6.91. The molecule has 0 fully saturated rings. The normalized spacial score (nSPS) is 11.5. The van der Waals surface area contributed by atoms with E-state index in [0.29, 0.717) is 11.5 Å². The Labute approximate surface area is 294 Å². The van der Waals surface area contributed by atoms with Gasteiger partial charge in [0.15, 0.2) is 5.58 Å². The molecule has 0 saturated heterocycles. The van der Waals surface area contributed by atoms with E-state index in [4.69, 9.17) is 13.8 Å². The minimum atomic E-state index is 0.562. The summed E-state index contributed by atoms with van der Waals surface area (Å²) >= 11 is 0. The van der Waals surface area contributed by atoms with E-state index < -0.39 is 0 Å². The Bertz CT molecular complexity index is 2840. The molecule has 240 valence electrons. The molecular formula is C47H30N2O2. The molecule has 2 aromatic heterocycles. The lowest BCUT2D eigenvalue weighted by atomic mass is 9.96. The Balaban J connectivity index is 1.31. The van der Waals surface area contributed by atoms with Crippen molar-refractivity contribution in [3.05, 3.63) is 182 Å². The average Bonchev–Trinajstić information content (AvgIpc) is 3.80. The fourth-order valence-electron chi connectivity index (χ4n) is 7.33. The van der Waals surface area contributed by atoms with Crippen molar-refractivity contribution in [2.24, 2.45) is 0 Å². The smallest absolute Gasteiger partial charge is 0.227 e. The van der Waals surface area contributed by atoms with Crippen LogP contribution in [0.1, 0.15) is 0 Å². The van der Waals surface area contributed by atoms with E-state index in [1.54, 1.807) is 0 Å². The predicted molar refractivity (Wildman–Crippen MR) is 210 cm³/mol. The lowest BCUT2D eigenvalue weighted by Gasteiger charge is -2.28. The Morgan fingerprint density at radius 3 is 1.75 bits per heavy atom. The molecule has 8 aromatic carbocycles. The summed E-state index contributed by atoms with van der Waals surface area (Å²) < 4.78 is 13.4. The van der Waals surface area contributed by atoms with Crippen LogP contribution < -0.4 is 4.90 Å². The number of hydrogen-bond donors (Lipinski definition) is 0. The van der Waals surface area contributed by atoms with Crippen LogP contribution in [0, 0.1) is 0 Å². The fourth-order valence-corrected chi connectivity index (χ4v) is 7.33. The van der Waals surface area contributed by atoms with Gasteiger partial charge in [-0.15, -0.1) is 0 Å². The van der Waals surface area contributed by atoms with E-state index in [9.17, 15) is 0 Å². The number of nitrogens with zero attached hydrogens (tertiary/aromatic N) is 2. The largest absolute Gasteiger partial charge is 0.456 e. The third-order valence-corrected chi connectivity index (χ3v) is 9.70. The van der Waals surface area contributed by atoms with Gasteiger partial charge in [0.25, 0.3) is 0 Å². The summed E-state index contributed by atoms with van der Waals surface area (Å²) in [5.41, 5.74) is 11.5. The molecule has 0 atom stereocenters. The van der Waals surface area contributed by atoms with E-state index in [0.717, 1.165) is 66.4 Å². The first-order valence-electron chi connectivity index (χ1n) is 17.1. The van der Waals surface area contributed by atoms with Crippen LogP contribution in [-0.4, -0.2) is 4.98 Å². The molecule has 0 saturated carbocycles. The number of furan rings is 1. The predicted octanol–water partition coefficient (Wildman–Crippen LogP) is 13.4. The Kier molecular flexibility index (Phi) is 6.78. The Morgan fingerprint density at radius 2 is 1.02 bits per heavy atom. The summed E-state index contributed by atoms with van der Waals surface area (Å²) in [7, 11) is 0. The molecule has 0 amide bonds. The molecule has 0 N–H and O–H groups in total. The summed E-state index contributed by atoms with van der Waals surface area (Å²) in [6.45, 7) is 0. The van der Waals surface area contributed by atoms with Crippen LogP contribution in [0.3, 0.4) is 0 Å². The number of benzene rings is 8. The minimum absolute atomic E-state index is 0.562. The first kappa shape index (κ1) is 29.0. The van der Waals surface area contributed by atoms with E-state index in [1.165, 1.54) is 16.7 Å². The van der Waals surface area contributed by atoms with Gasteiger partial charge in [-0.3, -0.25) is 0 Å². The number of fused-ring (bicyclic) bond motifs is 5. The van der Waals surface area contributed by atoms with Gasteiger partial charge in [-0.05, 0) is 64.0 Å². The van der Waals surface area contributed by atoms with Crippen molar-refractivity contribution in [2.75, 3.05) is 4.90 Å². The van der Waals surface area contributed by atoms with Crippen molar-refractivity contribution < 1.29 is 8.83 Å². The molecule has 0 aliphatic rings. The zero-order chi connectivity index (χ0) is 33.7. The molecule has 4 nitrogen and oxygen atoms in total. The molecule has 0 aliphatic heterocycles. The molecule has 51 heavy (non-hydrogen) atoms. The molecule has 10 rings (SSSR count). The SMILES string of the molecule is c1ccc(-c2ccc(N(c3ccc(-c4ccccc4)c4ccccc34)c3c4oc(-c5ccccc5)nc4cc4oc5ccccc5c34)cc2)cc1. The maximum Gasteiger partial charge on any atom is 0.227 e. The zero-order valence-electron chi connectivity index (χ0n) is 27.5. The molecule has 2 heterocycles. The summed E-state index contributed by atoms with van der Waals surface area (Å²) in [6, 6.07) is 63.3. The highest BCUT2D eigenvalue weighted by Crippen LogP contribution is 2.50. The first-order valence-corrected chi connectivity index (χ1v) is 17.1. The van der Waals surface area contributed by atoms with Gasteiger partial charge in [0.05, 0.1) is 11.1 Å². The summed E-state index contributed by atoms with van der Waals surface area (Å²) in [6.07, 6.45) is 0.